The van der Waals surface area contributed by atoms with Crippen molar-refractivity contribution in [3.05, 3.63) is 77.3 Å². The molecule has 0 amide bonds. The van der Waals surface area contributed by atoms with E-state index in [9.17, 15) is 13.2 Å². The number of aryl methyl sites for hydroxylation is 1. The number of hydrogen-bond acceptors (Lipinski definition) is 3. The lowest BCUT2D eigenvalue weighted by molar-refractivity contribution is -0.137. The maximum Gasteiger partial charge on any atom is 0.417 e. The summed E-state index contributed by atoms with van der Waals surface area (Å²) in [6.07, 6.45) is 1.58. The van der Waals surface area contributed by atoms with E-state index in [0.29, 0.717) is 18.2 Å². The van der Waals surface area contributed by atoms with Crippen molar-refractivity contribution in [2.24, 2.45) is 0 Å². The van der Waals surface area contributed by atoms with E-state index in [-0.39, 0.29) is 10.7 Å². The normalized spacial score (nSPS) is 11.3. The van der Waals surface area contributed by atoms with Crippen LogP contribution in [-0.4, -0.2) is 40.2 Å². The number of nitrogens with zero attached hydrogens (tertiary/aromatic N) is 4. The lowest BCUT2D eigenvalue weighted by atomic mass is 10.2. The van der Waals surface area contributed by atoms with Crippen molar-refractivity contribution in [1.29, 1.82) is 0 Å². The summed E-state index contributed by atoms with van der Waals surface area (Å²) in [6, 6.07) is 11.8. The Morgan fingerprint density at radius 3 is 2.48 bits per heavy atom. The minimum Gasteiger partial charge on any atom is -0.378 e. The van der Waals surface area contributed by atoms with Crippen molar-refractivity contribution in [3.63, 3.8) is 0 Å². The lowest BCUT2D eigenvalue weighted by Gasteiger charge is -2.27. The molecule has 0 bridgehead atoms. The molecule has 5 nitrogen and oxygen atoms in total. The first-order valence-corrected chi connectivity index (χ1v) is 11.1. The molecule has 0 radical (unpaired) electrons. The van der Waals surface area contributed by atoms with Gasteiger partial charge in [-0.05, 0) is 54.5 Å². The second-order valence-electron chi connectivity index (χ2n) is 7.76. The first-order valence-electron chi connectivity index (χ1n) is 10.3. The van der Waals surface area contributed by atoms with Crippen LogP contribution < -0.4 is 10.2 Å². The van der Waals surface area contributed by atoms with E-state index in [1.165, 1.54) is 12.1 Å². The quantitative estimate of drug-likeness (QED) is 0.393. The van der Waals surface area contributed by atoms with Gasteiger partial charge in [0.05, 0.1) is 16.9 Å². The number of imidazole rings is 1. The standard InChI is InChI=1S/C23H25ClF3N5S/c1-30(2)19-7-4-17(5-8-19)15-32(12-3-11-31-13-10-28-16-31)22(33)29-18-6-9-21(24)20(14-18)23(25,26)27/h4-10,13-14,16H,3,11-12,15H2,1-2H3,(H,29,33). The van der Waals surface area contributed by atoms with Crippen LogP contribution in [0.1, 0.15) is 17.5 Å². The molecule has 1 heterocycles. The zero-order valence-corrected chi connectivity index (χ0v) is 19.9. The van der Waals surface area contributed by atoms with Gasteiger partial charge >= 0.3 is 6.18 Å². The van der Waals surface area contributed by atoms with Gasteiger partial charge in [0.1, 0.15) is 0 Å². The Balaban J connectivity index is 1.74. The SMILES string of the molecule is CN(C)c1ccc(CN(CCCn2ccnc2)C(=S)Nc2ccc(Cl)c(C(F)(F)F)c2)cc1. The number of nitrogens with one attached hydrogen (secondary N) is 1. The molecule has 0 atom stereocenters. The zero-order valence-electron chi connectivity index (χ0n) is 18.3. The molecule has 0 spiro atoms. The summed E-state index contributed by atoms with van der Waals surface area (Å²) < 4.78 is 41.7. The Morgan fingerprint density at radius 1 is 1.15 bits per heavy atom. The lowest BCUT2D eigenvalue weighted by Crippen LogP contribution is -2.35. The van der Waals surface area contributed by atoms with Gasteiger partial charge in [0.15, 0.2) is 5.11 Å². The third kappa shape index (κ3) is 7.10. The highest BCUT2D eigenvalue weighted by atomic mass is 35.5. The molecular weight excluding hydrogens is 471 g/mol. The molecule has 33 heavy (non-hydrogen) atoms. The Bertz CT molecular complexity index is 1050. The van der Waals surface area contributed by atoms with Crippen molar-refractivity contribution >= 4 is 40.3 Å². The zero-order chi connectivity index (χ0) is 24.0. The predicted octanol–water partition coefficient (Wildman–Crippen LogP) is 5.91. The molecule has 0 aliphatic heterocycles. The van der Waals surface area contributed by atoms with Crippen molar-refractivity contribution < 1.29 is 13.2 Å². The summed E-state index contributed by atoms with van der Waals surface area (Å²) in [7, 11) is 3.94. The molecule has 0 saturated heterocycles. The maximum absolute atomic E-state index is 13.2. The largest absolute Gasteiger partial charge is 0.417 e. The smallest absolute Gasteiger partial charge is 0.378 e. The third-order valence-corrected chi connectivity index (χ3v) is 5.73. The van der Waals surface area contributed by atoms with Crippen LogP contribution in [0.5, 0.6) is 0 Å². The minimum absolute atomic E-state index is 0.235. The second-order valence-corrected chi connectivity index (χ2v) is 8.55. The number of anilines is 2. The van der Waals surface area contributed by atoms with Gasteiger partial charge in [0, 0.05) is 57.5 Å². The van der Waals surface area contributed by atoms with Gasteiger partial charge in [-0.1, -0.05) is 23.7 Å². The first kappa shape index (κ1) is 24.9. The van der Waals surface area contributed by atoms with Gasteiger partial charge in [-0.25, -0.2) is 4.98 Å². The van der Waals surface area contributed by atoms with Crippen LogP contribution in [0.2, 0.25) is 5.02 Å². The number of halogens is 4. The molecule has 1 aromatic heterocycles. The number of rotatable bonds is 8. The van der Waals surface area contributed by atoms with Gasteiger partial charge in [-0.2, -0.15) is 13.2 Å². The van der Waals surface area contributed by atoms with Gasteiger partial charge in [0.25, 0.3) is 0 Å². The molecule has 3 rings (SSSR count). The number of aromatic nitrogens is 2. The first-order chi connectivity index (χ1) is 15.6. The molecule has 0 fully saturated rings. The Labute approximate surface area is 201 Å². The number of hydrogen-bond donors (Lipinski definition) is 1. The van der Waals surface area contributed by atoms with Crippen LogP contribution >= 0.6 is 23.8 Å². The predicted molar refractivity (Wildman–Crippen MR) is 131 cm³/mol. The molecule has 0 aliphatic rings. The summed E-state index contributed by atoms with van der Waals surface area (Å²) in [4.78, 5) is 8.00. The van der Waals surface area contributed by atoms with E-state index >= 15 is 0 Å². The Morgan fingerprint density at radius 2 is 1.88 bits per heavy atom. The molecule has 2 aromatic carbocycles. The van der Waals surface area contributed by atoms with Crippen LogP contribution in [0.25, 0.3) is 0 Å². The fourth-order valence-electron chi connectivity index (χ4n) is 3.26. The van der Waals surface area contributed by atoms with E-state index in [4.69, 9.17) is 23.8 Å². The van der Waals surface area contributed by atoms with E-state index in [0.717, 1.165) is 30.3 Å². The van der Waals surface area contributed by atoms with Crippen molar-refractivity contribution in [1.82, 2.24) is 14.5 Å². The summed E-state index contributed by atoms with van der Waals surface area (Å²) in [6.45, 7) is 1.88. The highest BCUT2D eigenvalue weighted by molar-refractivity contribution is 7.80. The molecule has 3 aromatic rings. The molecule has 10 heteroatoms. The van der Waals surface area contributed by atoms with Crippen LogP contribution in [0.4, 0.5) is 24.5 Å². The van der Waals surface area contributed by atoms with E-state index in [2.05, 4.69) is 10.3 Å². The Kier molecular flexibility index (Phi) is 8.20. The topological polar surface area (TPSA) is 36.3 Å². The van der Waals surface area contributed by atoms with Gasteiger partial charge in [-0.15, -0.1) is 0 Å². The Hall–Kier alpha value is -2.78. The minimum atomic E-state index is -4.55. The summed E-state index contributed by atoms with van der Waals surface area (Å²) >= 11 is 11.3. The van der Waals surface area contributed by atoms with Gasteiger partial charge in [-0.3, -0.25) is 0 Å². The molecule has 1 N–H and O–H groups in total. The van der Waals surface area contributed by atoms with Crippen LogP contribution in [-0.2, 0) is 19.3 Å². The number of benzene rings is 2. The molecular formula is C23H25ClF3N5S. The monoisotopic (exact) mass is 495 g/mol. The molecule has 176 valence electrons. The summed E-state index contributed by atoms with van der Waals surface area (Å²) in [5.41, 5.74) is 1.45. The fourth-order valence-corrected chi connectivity index (χ4v) is 3.76. The van der Waals surface area contributed by atoms with Crippen molar-refractivity contribution in [3.8, 4) is 0 Å². The fraction of sp³-hybridized carbons (Fsp3) is 0.304. The summed E-state index contributed by atoms with van der Waals surface area (Å²) in [5.74, 6) is 0. The van der Waals surface area contributed by atoms with E-state index in [1.807, 2.05) is 58.9 Å². The third-order valence-electron chi connectivity index (χ3n) is 5.04. The van der Waals surface area contributed by atoms with Gasteiger partial charge < -0.3 is 19.7 Å². The second kappa shape index (κ2) is 10.9. The maximum atomic E-state index is 13.2. The molecule has 0 unspecified atom stereocenters. The number of thiocarbonyl (C=S) groups is 1. The van der Waals surface area contributed by atoms with E-state index < -0.39 is 11.7 Å². The van der Waals surface area contributed by atoms with Crippen molar-refractivity contribution in [2.75, 3.05) is 30.9 Å². The molecule has 0 aliphatic carbocycles. The van der Waals surface area contributed by atoms with Crippen LogP contribution in [0.3, 0.4) is 0 Å². The molecule has 0 saturated carbocycles. The highest BCUT2D eigenvalue weighted by Gasteiger charge is 2.33. The van der Waals surface area contributed by atoms with Gasteiger partial charge in [0.2, 0.25) is 0 Å². The average Bonchev–Trinajstić information content (AvgIpc) is 3.27. The van der Waals surface area contributed by atoms with E-state index in [1.54, 1.807) is 12.5 Å². The van der Waals surface area contributed by atoms with Crippen molar-refractivity contribution in [2.45, 2.75) is 25.7 Å². The number of alkyl halides is 3. The highest BCUT2D eigenvalue weighted by Crippen LogP contribution is 2.36. The van der Waals surface area contributed by atoms with Crippen LogP contribution in [0.15, 0.2) is 61.2 Å². The average molecular weight is 496 g/mol. The van der Waals surface area contributed by atoms with Crippen LogP contribution in [0, 0.1) is 0 Å². The summed E-state index contributed by atoms with van der Waals surface area (Å²) in [5, 5.41) is 2.94.